The molecule has 9 nitrogen and oxygen atoms in total. The number of ether oxygens (including phenoxy) is 1. The zero-order valence-corrected chi connectivity index (χ0v) is 13.4. The van der Waals surface area contributed by atoms with E-state index in [1.807, 2.05) is 0 Å². The number of nitro groups is 1. The summed E-state index contributed by atoms with van der Waals surface area (Å²) in [6, 6.07) is 13.0. The molecule has 1 saturated heterocycles. The molecule has 1 fully saturated rings. The summed E-state index contributed by atoms with van der Waals surface area (Å²) in [6.45, 7) is 0.898. The maximum absolute atomic E-state index is 11.6. The summed E-state index contributed by atoms with van der Waals surface area (Å²) in [4.78, 5) is 27.7. The maximum atomic E-state index is 11.6. The lowest BCUT2D eigenvalue weighted by atomic mass is 10.2. The first-order valence-electron chi connectivity index (χ1n) is 7.75. The molecular formula is C17H12N4O5. The Morgan fingerprint density at radius 3 is 2.35 bits per heavy atom. The van der Waals surface area contributed by atoms with Gasteiger partial charge in [0.2, 0.25) is 5.82 Å². The lowest BCUT2D eigenvalue weighted by Gasteiger charge is -2.12. The molecule has 1 amide bonds. The van der Waals surface area contributed by atoms with Gasteiger partial charge in [-0.3, -0.25) is 15.0 Å². The molecule has 26 heavy (non-hydrogen) atoms. The lowest BCUT2D eigenvalue weighted by molar-refractivity contribution is -0.384. The Bertz CT molecular complexity index is 966. The summed E-state index contributed by atoms with van der Waals surface area (Å²) >= 11 is 0. The number of carbonyl (C=O) groups is 1. The molecule has 2 aromatic carbocycles. The monoisotopic (exact) mass is 352 g/mol. The van der Waals surface area contributed by atoms with Crippen LogP contribution < -0.4 is 4.90 Å². The Balaban J connectivity index is 1.56. The zero-order chi connectivity index (χ0) is 18.1. The molecule has 0 bridgehead atoms. The number of amides is 1. The largest absolute Gasteiger partial charge is 0.447 e. The minimum atomic E-state index is -0.471. The highest BCUT2D eigenvalue weighted by molar-refractivity contribution is 5.89. The minimum Gasteiger partial charge on any atom is -0.447 e. The summed E-state index contributed by atoms with van der Waals surface area (Å²) < 4.78 is 10.2. The van der Waals surface area contributed by atoms with Crippen LogP contribution in [-0.4, -0.2) is 34.3 Å². The van der Waals surface area contributed by atoms with Crippen molar-refractivity contribution in [2.75, 3.05) is 18.1 Å². The van der Waals surface area contributed by atoms with Crippen LogP contribution in [0.5, 0.6) is 0 Å². The van der Waals surface area contributed by atoms with Gasteiger partial charge in [0.1, 0.15) is 6.61 Å². The molecule has 0 N–H and O–H groups in total. The summed E-state index contributed by atoms with van der Waals surface area (Å²) in [7, 11) is 0. The Hall–Kier alpha value is -3.75. The molecule has 0 saturated carbocycles. The number of nitro benzene ring substituents is 1. The van der Waals surface area contributed by atoms with Crippen LogP contribution in [0.3, 0.4) is 0 Å². The molecule has 0 atom stereocenters. The Morgan fingerprint density at radius 2 is 1.73 bits per heavy atom. The first-order valence-corrected chi connectivity index (χ1v) is 7.75. The number of hydrogen-bond acceptors (Lipinski definition) is 7. The van der Waals surface area contributed by atoms with Crippen LogP contribution in [0.15, 0.2) is 53.1 Å². The molecule has 2 heterocycles. The van der Waals surface area contributed by atoms with Gasteiger partial charge in [-0.05, 0) is 36.4 Å². The number of rotatable bonds is 4. The van der Waals surface area contributed by atoms with E-state index in [2.05, 4.69) is 10.1 Å². The molecule has 4 rings (SSSR count). The highest BCUT2D eigenvalue weighted by Crippen LogP contribution is 2.26. The molecule has 0 spiro atoms. The second-order valence-electron chi connectivity index (χ2n) is 5.54. The smallest absolute Gasteiger partial charge is 0.414 e. The van der Waals surface area contributed by atoms with Gasteiger partial charge in [-0.15, -0.1) is 0 Å². The zero-order valence-electron chi connectivity index (χ0n) is 13.4. The fourth-order valence-corrected chi connectivity index (χ4v) is 2.60. The number of cyclic esters (lactones) is 1. The van der Waals surface area contributed by atoms with E-state index in [0.29, 0.717) is 24.5 Å². The molecule has 3 aromatic rings. The first kappa shape index (κ1) is 15.8. The van der Waals surface area contributed by atoms with Crippen LogP contribution in [0.25, 0.3) is 22.8 Å². The van der Waals surface area contributed by atoms with Crippen LogP contribution in [0.1, 0.15) is 0 Å². The fourth-order valence-electron chi connectivity index (χ4n) is 2.60. The summed E-state index contributed by atoms with van der Waals surface area (Å²) in [5, 5.41) is 14.6. The number of anilines is 1. The lowest BCUT2D eigenvalue weighted by Crippen LogP contribution is -2.23. The molecule has 130 valence electrons. The number of nitrogens with zero attached hydrogens (tertiary/aromatic N) is 4. The summed E-state index contributed by atoms with van der Waals surface area (Å²) in [6.07, 6.45) is -0.363. The number of carbonyl (C=O) groups excluding carboxylic acids is 1. The van der Waals surface area contributed by atoms with E-state index in [1.165, 1.54) is 12.1 Å². The number of aromatic nitrogens is 2. The van der Waals surface area contributed by atoms with E-state index in [0.717, 1.165) is 11.3 Å². The normalized spacial score (nSPS) is 13.7. The third kappa shape index (κ3) is 2.86. The van der Waals surface area contributed by atoms with Crippen LogP contribution in [0.4, 0.5) is 16.2 Å². The third-order valence-corrected chi connectivity index (χ3v) is 3.95. The van der Waals surface area contributed by atoms with Crippen molar-refractivity contribution in [2.24, 2.45) is 0 Å². The van der Waals surface area contributed by atoms with Gasteiger partial charge in [0.15, 0.2) is 0 Å². The van der Waals surface area contributed by atoms with E-state index < -0.39 is 4.92 Å². The number of hydrogen-bond donors (Lipinski definition) is 0. The predicted molar refractivity (Wildman–Crippen MR) is 90.5 cm³/mol. The van der Waals surface area contributed by atoms with Crippen molar-refractivity contribution in [2.45, 2.75) is 0 Å². The average Bonchev–Trinajstić information content (AvgIpc) is 3.31. The minimum absolute atomic E-state index is 0.00971. The van der Waals surface area contributed by atoms with Crippen LogP contribution in [0.2, 0.25) is 0 Å². The summed E-state index contributed by atoms with van der Waals surface area (Å²) in [5.74, 6) is 0.649. The van der Waals surface area contributed by atoms with Gasteiger partial charge in [-0.1, -0.05) is 5.16 Å². The van der Waals surface area contributed by atoms with Gasteiger partial charge in [0.05, 0.1) is 11.5 Å². The molecule has 0 aliphatic carbocycles. The predicted octanol–water partition coefficient (Wildman–Crippen LogP) is 3.27. The molecule has 1 aliphatic heterocycles. The average molecular weight is 352 g/mol. The highest BCUT2D eigenvalue weighted by atomic mass is 16.6. The second-order valence-corrected chi connectivity index (χ2v) is 5.54. The Morgan fingerprint density at radius 1 is 1.04 bits per heavy atom. The first-order chi connectivity index (χ1) is 12.6. The van der Waals surface area contributed by atoms with E-state index in [-0.39, 0.29) is 17.7 Å². The van der Waals surface area contributed by atoms with Crippen molar-refractivity contribution in [3.8, 4) is 22.8 Å². The van der Waals surface area contributed by atoms with Crippen LogP contribution >= 0.6 is 0 Å². The van der Waals surface area contributed by atoms with Gasteiger partial charge in [0, 0.05) is 28.9 Å². The van der Waals surface area contributed by atoms with Gasteiger partial charge in [0.25, 0.3) is 11.6 Å². The number of non-ortho nitro benzene ring substituents is 1. The van der Waals surface area contributed by atoms with Crippen molar-refractivity contribution in [1.29, 1.82) is 0 Å². The Labute approximate surface area is 147 Å². The van der Waals surface area contributed by atoms with Crippen molar-refractivity contribution in [3.05, 3.63) is 58.6 Å². The second kappa shape index (κ2) is 6.28. The molecule has 9 heteroatoms. The number of benzene rings is 2. The van der Waals surface area contributed by atoms with Crippen LogP contribution in [-0.2, 0) is 4.74 Å². The van der Waals surface area contributed by atoms with Gasteiger partial charge >= 0.3 is 6.09 Å². The third-order valence-electron chi connectivity index (χ3n) is 3.95. The topological polar surface area (TPSA) is 112 Å². The molecule has 1 aliphatic rings. The quantitative estimate of drug-likeness (QED) is 0.523. The Kier molecular flexibility index (Phi) is 3.81. The van der Waals surface area contributed by atoms with E-state index in [9.17, 15) is 14.9 Å². The van der Waals surface area contributed by atoms with Crippen molar-refractivity contribution in [3.63, 3.8) is 0 Å². The van der Waals surface area contributed by atoms with Crippen molar-refractivity contribution < 1.29 is 19.0 Å². The highest BCUT2D eigenvalue weighted by Gasteiger charge is 2.23. The standard InChI is InChI=1S/C17H12N4O5/c22-17-20(9-10-25-17)13-5-1-11(2-6-13)15-18-16(26-19-15)12-3-7-14(8-4-12)21(23)24/h1-8H,9-10H2. The molecule has 0 unspecified atom stereocenters. The summed E-state index contributed by atoms with van der Waals surface area (Å²) in [5.41, 5.74) is 2.03. The van der Waals surface area contributed by atoms with E-state index >= 15 is 0 Å². The van der Waals surface area contributed by atoms with E-state index in [4.69, 9.17) is 9.26 Å². The maximum Gasteiger partial charge on any atom is 0.414 e. The molecule has 0 radical (unpaired) electrons. The molecular weight excluding hydrogens is 340 g/mol. The van der Waals surface area contributed by atoms with Crippen LogP contribution in [0, 0.1) is 10.1 Å². The van der Waals surface area contributed by atoms with Gasteiger partial charge in [-0.25, -0.2) is 4.79 Å². The van der Waals surface area contributed by atoms with Gasteiger partial charge < -0.3 is 9.26 Å². The van der Waals surface area contributed by atoms with Crippen molar-refractivity contribution in [1.82, 2.24) is 10.1 Å². The molecule has 1 aromatic heterocycles. The van der Waals surface area contributed by atoms with E-state index in [1.54, 1.807) is 41.3 Å². The fraction of sp³-hybridized carbons (Fsp3) is 0.118. The van der Waals surface area contributed by atoms with Gasteiger partial charge in [-0.2, -0.15) is 4.98 Å². The van der Waals surface area contributed by atoms with Crippen molar-refractivity contribution >= 4 is 17.5 Å². The SMILES string of the molecule is O=C1OCCN1c1ccc(-c2noc(-c3ccc([N+](=O)[O-])cc3)n2)cc1.